The normalized spacial score (nSPS) is 27.8. The molecule has 0 radical (unpaired) electrons. The fourth-order valence-electron chi connectivity index (χ4n) is 5.23. The predicted molar refractivity (Wildman–Crippen MR) is 146 cm³/mol. The molecule has 3 saturated heterocycles. The van der Waals surface area contributed by atoms with Crippen LogP contribution in [0.2, 0.25) is 0 Å². The van der Waals surface area contributed by atoms with E-state index in [4.69, 9.17) is 33.2 Å². The van der Waals surface area contributed by atoms with Crippen molar-refractivity contribution in [2.24, 2.45) is 0 Å². The van der Waals surface area contributed by atoms with Crippen LogP contribution in [-0.4, -0.2) is 66.2 Å². The number of esters is 2. The van der Waals surface area contributed by atoms with Crippen molar-refractivity contribution in [2.45, 2.75) is 102 Å². The largest absolute Gasteiger partial charge is 0.461 e. The van der Waals surface area contributed by atoms with Gasteiger partial charge in [-0.05, 0) is 45.2 Å². The van der Waals surface area contributed by atoms with Crippen LogP contribution in [0.4, 0.5) is 0 Å². The molecule has 0 unspecified atom stereocenters. The first-order valence-corrected chi connectivity index (χ1v) is 14.1. The number of benzene rings is 2. The van der Waals surface area contributed by atoms with E-state index in [1.807, 2.05) is 60.7 Å². The van der Waals surface area contributed by atoms with Crippen LogP contribution in [0.3, 0.4) is 0 Å². The molecule has 3 heterocycles. The van der Waals surface area contributed by atoms with Gasteiger partial charge in [-0.1, -0.05) is 60.7 Å². The van der Waals surface area contributed by atoms with E-state index >= 15 is 0 Å². The van der Waals surface area contributed by atoms with E-state index in [-0.39, 0.29) is 26.1 Å². The Morgan fingerprint density at radius 3 is 1.95 bits per heavy atom. The molecule has 6 atom stereocenters. The van der Waals surface area contributed by atoms with Crippen LogP contribution in [0.15, 0.2) is 60.7 Å². The first-order valence-electron chi connectivity index (χ1n) is 14.1. The van der Waals surface area contributed by atoms with Crippen LogP contribution in [0.5, 0.6) is 0 Å². The van der Waals surface area contributed by atoms with Crippen LogP contribution < -0.4 is 5.32 Å². The number of nitrogens with one attached hydrogen (secondary N) is 1. The summed E-state index contributed by atoms with van der Waals surface area (Å²) in [6.07, 6.45) is -4.31. The summed E-state index contributed by atoms with van der Waals surface area (Å²) in [6.45, 7) is 7.07. The van der Waals surface area contributed by atoms with Gasteiger partial charge in [-0.15, -0.1) is 0 Å². The van der Waals surface area contributed by atoms with Crippen molar-refractivity contribution < 1.29 is 47.5 Å². The SMILES string of the molecule is CC1(C)O[C@@H]2O[C@H](C(=O)N[C@H](CCC(=O)OCc3ccccc3)C(=O)OCc3ccccc3)[C@@H]3OC(C)(C)O[C@H]3[C@@H]2O1. The lowest BCUT2D eigenvalue weighted by Crippen LogP contribution is -2.61. The summed E-state index contributed by atoms with van der Waals surface area (Å²) in [5.41, 5.74) is 1.62. The van der Waals surface area contributed by atoms with Crippen molar-refractivity contribution in [3.8, 4) is 0 Å². The minimum absolute atomic E-state index is 0.00425. The first kappa shape index (κ1) is 30.1. The molecule has 0 saturated carbocycles. The zero-order valence-electron chi connectivity index (χ0n) is 24.1. The molecule has 2 aromatic carbocycles. The van der Waals surface area contributed by atoms with E-state index in [0.717, 1.165) is 11.1 Å². The lowest BCUT2D eigenvalue weighted by atomic mass is 9.98. The molecular weight excluding hydrogens is 546 g/mol. The van der Waals surface area contributed by atoms with E-state index in [0.29, 0.717) is 0 Å². The molecule has 11 nitrogen and oxygen atoms in total. The topological polar surface area (TPSA) is 128 Å². The Bertz CT molecular complexity index is 1250. The van der Waals surface area contributed by atoms with Gasteiger partial charge in [0.25, 0.3) is 5.91 Å². The zero-order valence-corrected chi connectivity index (χ0v) is 24.1. The van der Waals surface area contributed by atoms with Crippen molar-refractivity contribution in [1.29, 1.82) is 0 Å². The molecule has 42 heavy (non-hydrogen) atoms. The molecule has 3 aliphatic heterocycles. The maximum atomic E-state index is 13.7. The summed E-state index contributed by atoms with van der Waals surface area (Å²) in [5.74, 6) is -3.79. The Hall–Kier alpha value is -3.35. The number of hydrogen-bond acceptors (Lipinski definition) is 10. The van der Waals surface area contributed by atoms with Gasteiger partial charge in [-0.3, -0.25) is 9.59 Å². The molecule has 5 rings (SSSR count). The number of fused-ring (bicyclic) bond motifs is 3. The minimum atomic E-state index is -1.18. The number of rotatable bonds is 10. The summed E-state index contributed by atoms with van der Waals surface area (Å²) in [7, 11) is 0. The van der Waals surface area contributed by atoms with Crippen LogP contribution in [0.1, 0.15) is 51.7 Å². The maximum Gasteiger partial charge on any atom is 0.328 e. The van der Waals surface area contributed by atoms with Gasteiger partial charge in [0.05, 0.1) is 0 Å². The molecule has 1 N–H and O–H groups in total. The molecule has 226 valence electrons. The van der Waals surface area contributed by atoms with Gasteiger partial charge in [-0.25, -0.2) is 4.79 Å². The van der Waals surface area contributed by atoms with Gasteiger partial charge in [0, 0.05) is 6.42 Å². The summed E-state index contributed by atoms with van der Waals surface area (Å²) >= 11 is 0. The number of carbonyl (C=O) groups is 3. The second-order valence-electron chi connectivity index (χ2n) is 11.4. The fourth-order valence-corrected chi connectivity index (χ4v) is 5.23. The van der Waals surface area contributed by atoms with Crippen LogP contribution in [-0.2, 0) is 60.8 Å². The predicted octanol–water partition coefficient (Wildman–Crippen LogP) is 3.13. The third kappa shape index (κ3) is 7.34. The molecule has 0 aliphatic carbocycles. The Balaban J connectivity index is 1.26. The molecule has 2 aromatic rings. The average molecular weight is 584 g/mol. The fraction of sp³-hybridized carbons (Fsp3) is 0.516. The van der Waals surface area contributed by atoms with Gasteiger partial charge in [0.1, 0.15) is 37.6 Å². The highest BCUT2D eigenvalue weighted by molar-refractivity contribution is 5.88. The summed E-state index contributed by atoms with van der Waals surface area (Å²) < 4.78 is 40.9. The second kappa shape index (κ2) is 12.5. The van der Waals surface area contributed by atoms with Crippen molar-refractivity contribution in [3.63, 3.8) is 0 Å². The Kier molecular flexibility index (Phi) is 8.95. The van der Waals surface area contributed by atoms with Crippen molar-refractivity contribution in [2.75, 3.05) is 0 Å². The summed E-state index contributed by atoms with van der Waals surface area (Å²) in [6, 6.07) is 17.2. The number of hydrogen-bond donors (Lipinski definition) is 1. The van der Waals surface area contributed by atoms with Crippen molar-refractivity contribution in [3.05, 3.63) is 71.8 Å². The number of ether oxygens (including phenoxy) is 7. The standard InChI is InChI=1S/C31H37NO10/c1-30(2)39-23-24(40-30)26-29(42-31(3,4)41-26)38-25(23)27(34)32-21(28(35)37-18-20-13-9-6-10-14-20)15-16-22(33)36-17-19-11-7-5-8-12-19/h5-14,21,23-26,29H,15-18H2,1-4H3,(H,32,34)/t21-,23-,24-,25+,26+,29+/m1/s1. The van der Waals surface area contributed by atoms with E-state index in [1.54, 1.807) is 27.7 Å². The minimum Gasteiger partial charge on any atom is -0.461 e. The molecular formula is C31H37NO10. The van der Waals surface area contributed by atoms with Crippen molar-refractivity contribution in [1.82, 2.24) is 5.32 Å². The molecule has 3 fully saturated rings. The Labute approximate surface area is 244 Å². The molecule has 0 bridgehead atoms. The molecule has 11 heteroatoms. The van der Waals surface area contributed by atoms with E-state index in [2.05, 4.69) is 5.32 Å². The van der Waals surface area contributed by atoms with Gasteiger partial charge in [0.15, 0.2) is 24.0 Å². The average Bonchev–Trinajstić information content (AvgIpc) is 3.46. The Morgan fingerprint density at radius 1 is 0.762 bits per heavy atom. The third-order valence-electron chi connectivity index (χ3n) is 7.12. The smallest absolute Gasteiger partial charge is 0.328 e. The second-order valence-corrected chi connectivity index (χ2v) is 11.4. The molecule has 0 spiro atoms. The van der Waals surface area contributed by atoms with E-state index in [9.17, 15) is 14.4 Å². The first-order chi connectivity index (χ1) is 20.0. The number of amides is 1. The van der Waals surface area contributed by atoms with Gasteiger partial charge in [-0.2, -0.15) is 0 Å². The van der Waals surface area contributed by atoms with Crippen LogP contribution in [0.25, 0.3) is 0 Å². The molecule has 1 amide bonds. The van der Waals surface area contributed by atoms with Gasteiger partial charge >= 0.3 is 11.9 Å². The van der Waals surface area contributed by atoms with Gasteiger partial charge in [0.2, 0.25) is 0 Å². The van der Waals surface area contributed by atoms with E-state index in [1.165, 1.54) is 0 Å². The van der Waals surface area contributed by atoms with Crippen molar-refractivity contribution >= 4 is 17.8 Å². The summed E-state index contributed by atoms with van der Waals surface area (Å²) in [4.78, 5) is 39.4. The quantitative estimate of drug-likeness (QED) is 0.417. The lowest BCUT2D eigenvalue weighted by Gasteiger charge is -2.36. The third-order valence-corrected chi connectivity index (χ3v) is 7.12. The van der Waals surface area contributed by atoms with Crippen LogP contribution in [0, 0.1) is 0 Å². The molecule has 0 aromatic heterocycles. The summed E-state index contributed by atoms with van der Waals surface area (Å²) in [5, 5.41) is 2.71. The highest BCUT2D eigenvalue weighted by atomic mass is 16.9. The lowest BCUT2D eigenvalue weighted by molar-refractivity contribution is -0.231. The van der Waals surface area contributed by atoms with E-state index < -0.39 is 66.2 Å². The highest BCUT2D eigenvalue weighted by Gasteiger charge is 2.62. The Morgan fingerprint density at radius 2 is 1.31 bits per heavy atom. The van der Waals surface area contributed by atoms with Crippen LogP contribution >= 0.6 is 0 Å². The monoisotopic (exact) mass is 583 g/mol. The maximum absolute atomic E-state index is 13.7. The zero-order chi connectivity index (χ0) is 29.9. The number of carbonyl (C=O) groups excluding carboxylic acids is 3. The molecule has 3 aliphatic rings. The highest BCUT2D eigenvalue weighted by Crippen LogP contribution is 2.44. The van der Waals surface area contributed by atoms with Gasteiger partial charge < -0.3 is 38.5 Å².